The zero-order valence-corrected chi connectivity index (χ0v) is 23.5. The quantitative estimate of drug-likeness (QED) is 0.159. The Morgan fingerprint density at radius 3 is 2.36 bits per heavy atom. The van der Waals surface area contributed by atoms with Crippen molar-refractivity contribution in [2.24, 2.45) is 0 Å². The maximum absolute atomic E-state index is 12.8. The molecule has 0 saturated carbocycles. The van der Waals surface area contributed by atoms with Crippen LogP contribution in [0, 0.1) is 6.92 Å². The smallest absolute Gasteiger partial charge is 0.344 e. The van der Waals surface area contributed by atoms with Gasteiger partial charge in [0, 0.05) is 25.5 Å². The highest BCUT2D eigenvalue weighted by atomic mass is 28.4. The first kappa shape index (κ1) is 28.1. The van der Waals surface area contributed by atoms with Crippen molar-refractivity contribution in [1.82, 2.24) is 4.98 Å². The van der Waals surface area contributed by atoms with Crippen LogP contribution < -0.4 is 10.4 Å². The number of benzene rings is 1. The lowest BCUT2D eigenvalue weighted by Gasteiger charge is -2.28. The van der Waals surface area contributed by atoms with Gasteiger partial charge in [0.25, 0.3) is 0 Å². The molecule has 196 valence electrons. The fourth-order valence-electron chi connectivity index (χ4n) is 4.68. The van der Waals surface area contributed by atoms with Gasteiger partial charge in [0.15, 0.2) is 0 Å². The summed E-state index contributed by atoms with van der Waals surface area (Å²) in [6, 6.07) is 11.8. The van der Waals surface area contributed by atoms with E-state index in [1.165, 1.54) is 0 Å². The normalized spacial score (nSPS) is 11.8. The Labute approximate surface area is 216 Å². The van der Waals surface area contributed by atoms with Crippen LogP contribution in [0.4, 0.5) is 0 Å². The lowest BCUT2D eigenvalue weighted by Crippen LogP contribution is -2.41. The minimum absolute atomic E-state index is 0.342. The van der Waals surface area contributed by atoms with Crippen molar-refractivity contribution in [2.75, 3.05) is 19.8 Å². The predicted molar refractivity (Wildman–Crippen MR) is 148 cm³/mol. The van der Waals surface area contributed by atoms with Gasteiger partial charge in [-0.15, -0.1) is 0 Å². The molecule has 0 saturated heterocycles. The predicted octanol–water partition coefficient (Wildman–Crippen LogP) is 7.20. The number of hydrogen-bond donors (Lipinski definition) is 0. The molecule has 0 atom stereocenters. The molecule has 3 rings (SSSR count). The largest absolute Gasteiger partial charge is 0.477 e. The molecule has 3 aromatic rings. The van der Waals surface area contributed by atoms with Crippen molar-refractivity contribution < 1.29 is 18.0 Å². The lowest BCUT2D eigenvalue weighted by atomic mass is 9.97. The molecule has 36 heavy (non-hydrogen) atoms. The summed E-state index contributed by atoms with van der Waals surface area (Å²) < 4.78 is 23.9. The highest BCUT2D eigenvalue weighted by Gasteiger charge is 2.34. The summed E-state index contributed by atoms with van der Waals surface area (Å²) in [6.07, 6.45) is 6.69. The molecule has 0 N–H and O–H groups in total. The van der Waals surface area contributed by atoms with Gasteiger partial charge in [-0.25, -0.2) is 9.78 Å². The molecule has 6 nitrogen and oxygen atoms in total. The highest BCUT2D eigenvalue weighted by Crippen LogP contribution is 2.29. The lowest BCUT2D eigenvalue weighted by molar-refractivity contribution is 0.182. The molecule has 0 amide bonds. The van der Waals surface area contributed by atoms with Crippen molar-refractivity contribution in [3.8, 4) is 17.0 Å². The molecule has 0 fully saturated rings. The second kappa shape index (κ2) is 13.7. The summed E-state index contributed by atoms with van der Waals surface area (Å²) in [5.74, 6) is 0.508. The van der Waals surface area contributed by atoms with Gasteiger partial charge in [0.2, 0.25) is 5.88 Å². The van der Waals surface area contributed by atoms with Crippen molar-refractivity contribution in [3.63, 3.8) is 0 Å². The number of nitrogens with zero attached hydrogens (tertiary/aromatic N) is 1. The van der Waals surface area contributed by atoms with E-state index in [9.17, 15) is 4.79 Å². The molecule has 0 aliphatic heterocycles. The molecular formula is C29H41NO5Si. The van der Waals surface area contributed by atoms with E-state index in [1.54, 1.807) is 12.3 Å². The number of hydrogen-bond acceptors (Lipinski definition) is 6. The average Bonchev–Trinajstić information content (AvgIpc) is 2.87. The van der Waals surface area contributed by atoms with Crippen LogP contribution in [0.25, 0.3) is 22.1 Å². The van der Waals surface area contributed by atoms with E-state index in [0.29, 0.717) is 23.6 Å². The van der Waals surface area contributed by atoms with E-state index in [0.717, 1.165) is 79.5 Å². The minimum atomic E-state index is -2.05. The van der Waals surface area contributed by atoms with Gasteiger partial charge in [0.1, 0.15) is 5.58 Å². The molecule has 0 aliphatic carbocycles. The van der Waals surface area contributed by atoms with E-state index in [-0.39, 0.29) is 5.63 Å². The van der Waals surface area contributed by atoms with Gasteiger partial charge in [-0.1, -0.05) is 56.9 Å². The second-order valence-corrected chi connectivity index (χ2v) is 12.7. The van der Waals surface area contributed by atoms with Crippen LogP contribution in [0.5, 0.6) is 5.88 Å². The molecule has 1 aromatic carbocycles. The Morgan fingerprint density at radius 2 is 1.67 bits per heavy atom. The first-order valence-electron chi connectivity index (χ1n) is 13.4. The Bertz CT molecular complexity index is 1170. The number of ether oxygens (including phenoxy) is 1. The van der Waals surface area contributed by atoms with Gasteiger partial charge >= 0.3 is 14.2 Å². The van der Waals surface area contributed by atoms with E-state index < -0.39 is 8.56 Å². The topological polar surface area (TPSA) is 70.8 Å². The Balaban J connectivity index is 1.63. The summed E-state index contributed by atoms with van der Waals surface area (Å²) >= 11 is 0. The van der Waals surface area contributed by atoms with Crippen LogP contribution >= 0.6 is 0 Å². The number of rotatable bonds is 15. The molecule has 2 aromatic heterocycles. The summed E-state index contributed by atoms with van der Waals surface area (Å²) in [5.41, 5.74) is 3.83. The number of aromatic nitrogens is 1. The first-order chi connectivity index (χ1) is 17.5. The van der Waals surface area contributed by atoms with Gasteiger partial charge < -0.3 is 18.0 Å². The Hall–Kier alpha value is -2.48. The zero-order valence-electron chi connectivity index (χ0n) is 22.5. The minimum Gasteiger partial charge on any atom is -0.477 e. The van der Waals surface area contributed by atoms with Gasteiger partial charge in [-0.05, 0) is 62.9 Å². The molecule has 0 aliphatic rings. The fourth-order valence-corrected chi connectivity index (χ4v) is 7.66. The number of aryl methyl sites for hydroxylation is 2. The van der Waals surface area contributed by atoms with E-state index in [4.69, 9.17) is 18.0 Å². The number of fused-ring (bicyclic) bond motifs is 1. The molecule has 0 spiro atoms. The van der Waals surface area contributed by atoms with E-state index >= 15 is 0 Å². The SMILES string of the molecule is CCO[Si](CC)(CCCCCCOc1nccc2oc(=O)c(-c3cc(C)ccc3CC)cc12)OCC. The van der Waals surface area contributed by atoms with E-state index in [2.05, 4.69) is 31.0 Å². The first-order valence-corrected chi connectivity index (χ1v) is 15.6. The molecular weight excluding hydrogens is 470 g/mol. The average molecular weight is 512 g/mol. The third-order valence-corrected chi connectivity index (χ3v) is 10.4. The van der Waals surface area contributed by atoms with E-state index in [1.807, 2.05) is 32.9 Å². The molecule has 0 radical (unpaired) electrons. The second-order valence-electron chi connectivity index (χ2n) is 9.13. The van der Waals surface area contributed by atoms with Crippen LogP contribution in [-0.4, -0.2) is 33.4 Å². The molecule has 7 heteroatoms. The van der Waals surface area contributed by atoms with Crippen LogP contribution in [-0.2, 0) is 15.3 Å². The third kappa shape index (κ3) is 7.05. The van der Waals surface area contributed by atoms with Crippen LogP contribution in [0.1, 0.15) is 64.5 Å². The van der Waals surface area contributed by atoms with Crippen LogP contribution in [0.2, 0.25) is 12.1 Å². The third-order valence-electron chi connectivity index (χ3n) is 6.61. The van der Waals surface area contributed by atoms with Gasteiger partial charge in [-0.3, -0.25) is 0 Å². The summed E-state index contributed by atoms with van der Waals surface area (Å²) in [7, 11) is -2.05. The number of pyridine rings is 1. The maximum atomic E-state index is 12.8. The summed E-state index contributed by atoms with van der Waals surface area (Å²) in [6.45, 7) is 12.4. The van der Waals surface area contributed by atoms with Crippen molar-refractivity contribution in [1.29, 1.82) is 0 Å². The summed E-state index contributed by atoms with van der Waals surface area (Å²) in [4.78, 5) is 17.3. The van der Waals surface area contributed by atoms with Crippen molar-refractivity contribution in [3.05, 3.63) is 58.1 Å². The monoisotopic (exact) mass is 511 g/mol. The highest BCUT2D eigenvalue weighted by molar-refractivity contribution is 6.67. The maximum Gasteiger partial charge on any atom is 0.344 e. The van der Waals surface area contributed by atoms with Crippen molar-refractivity contribution >= 4 is 19.5 Å². The fraction of sp³-hybridized carbons (Fsp3) is 0.517. The standard InChI is InChI=1S/C29H41NO5Si/c1-6-23-15-14-22(5)20-24(23)25-21-26-27(35-29(25)31)16-17-30-28(26)32-18-12-10-11-13-19-36(9-4,33-7-2)34-8-3/h14-17,20-21H,6-13,18-19H2,1-5H3. The summed E-state index contributed by atoms with van der Waals surface area (Å²) in [5, 5.41) is 0.725. The number of unbranched alkanes of at least 4 members (excludes halogenated alkanes) is 3. The molecule has 0 bridgehead atoms. The van der Waals surface area contributed by atoms with Gasteiger partial charge in [0.05, 0.1) is 17.6 Å². The van der Waals surface area contributed by atoms with Crippen LogP contribution in [0.3, 0.4) is 0 Å². The zero-order chi connectivity index (χ0) is 26.0. The molecule has 0 unspecified atom stereocenters. The van der Waals surface area contributed by atoms with Gasteiger partial charge in [-0.2, -0.15) is 0 Å². The van der Waals surface area contributed by atoms with Crippen molar-refractivity contribution in [2.45, 2.75) is 78.8 Å². The Morgan fingerprint density at radius 1 is 0.917 bits per heavy atom. The van der Waals surface area contributed by atoms with Crippen LogP contribution in [0.15, 0.2) is 45.7 Å². The Kier molecular flexibility index (Phi) is 10.7. The molecule has 2 heterocycles.